The first-order valence-electron chi connectivity index (χ1n) is 5.45. The van der Waals surface area contributed by atoms with E-state index in [9.17, 15) is 0 Å². The summed E-state index contributed by atoms with van der Waals surface area (Å²) in [5.41, 5.74) is 5.63. The first-order chi connectivity index (χ1) is 7.70. The van der Waals surface area contributed by atoms with Gasteiger partial charge in [0.2, 0.25) is 0 Å². The zero-order valence-corrected chi connectivity index (χ0v) is 11.2. The van der Waals surface area contributed by atoms with Crippen LogP contribution < -0.4 is 10.9 Å². The lowest BCUT2D eigenvalue weighted by molar-refractivity contribution is 1.50. The molecule has 0 nitrogen and oxygen atoms in total. The van der Waals surface area contributed by atoms with E-state index in [0.717, 1.165) is 0 Å². The van der Waals surface area contributed by atoms with Gasteiger partial charge in [-0.25, -0.2) is 0 Å². The maximum absolute atomic E-state index is 3.80. The Kier molecular flexibility index (Phi) is 3.50. The summed E-state index contributed by atoms with van der Waals surface area (Å²) in [5, 5.41) is 0. The van der Waals surface area contributed by atoms with Crippen molar-refractivity contribution in [1.29, 1.82) is 0 Å². The van der Waals surface area contributed by atoms with Gasteiger partial charge in [0.15, 0.2) is 0 Å². The van der Waals surface area contributed by atoms with Gasteiger partial charge in [0.25, 0.3) is 5.54 Å². The molecule has 0 spiro atoms. The van der Waals surface area contributed by atoms with E-state index in [1.54, 1.807) is 0 Å². The average Bonchev–Trinajstić information content (AvgIpc) is 2.29. The molecule has 0 N–H and O–H groups in total. The molecule has 2 heteroatoms. The highest BCUT2D eigenvalue weighted by Crippen LogP contribution is 2.05. The highest BCUT2D eigenvalue weighted by Gasteiger charge is 2.18. The third-order valence-corrected chi connectivity index (χ3v) is 3.91. The number of halogens is 1. The number of rotatable bonds is 2. The second-order valence-electron chi connectivity index (χ2n) is 4.08. The van der Waals surface area contributed by atoms with Crippen molar-refractivity contribution >= 4 is 32.2 Å². The van der Waals surface area contributed by atoms with E-state index in [-0.39, 0.29) is 5.54 Å². The lowest BCUT2D eigenvalue weighted by Crippen LogP contribution is -2.39. The van der Waals surface area contributed by atoms with Gasteiger partial charge < -0.3 is 0 Å². The molecule has 0 aromatic heterocycles. The zero-order valence-electron chi connectivity index (χ0n) is 9.57. The summed E-state index contributed by atoms with van der Waals surface area (Å²) >= 11 is 3.80. The van der Waals surface area contributed by atoms with E-state index in [1.165, 1.54) is 22.1 Å². The van der Waals surface area contributed by atoms with Gasteiger partial charge in [-0.2, -0.15) is 0 Å². The van der Waals surface area contributed by atoms with Crippen LogP contribution in [0.4, 0.5) is 0 Å². The number of benzene rings is 2. The largest absolute Gasteiger partial charge is 0.288 e. The monoisotopic (exact) mass is 272 g/mol. The lowest BCUT2D eigenvalue weighted by Gasteiger charge is -2.12. The smallest absolute Gasteiger partial charge is 0.143 e. The highest BCUT2D eigenvalue weighted by molar-refractivity contribution is 9.25. The van der Waals surface area contributed by atoms with Gasteiger partial charge in [0.1, 0.15) is 0 Å². The Morgan fingerprint density at radius 3 is 1.50 bits per heavy atom. The summed E-state index contributed by atoms with van der Waals surface area (Å²) in [5.74, 6) is 0. The van der Waals surface area contributed by atoms with E-state index >= 15 is 0 Å². The van der Waals surface area contributed by atoms with Crippen molar-refractivity contribution in [3.63, 3.8) is 0 Å². The second-order valence-corrected chi connectivity index (χ2v) is 4.99. The van der Waals surface area contributed by atoms with Gasteiger partial charge in [-0.15, -0.1) is 15.8 Å². The molecule has 80 valence electrons. The maximum atomic E-state index is 3.80. The van der Waals surface area contributed by atoms with Gasteiger partial charge in [-0.05, 0) is 13.8 Å². The first kappa shape index (κ1) is 11.5. The molecule has 0 aliphatic carbocycles. The molecule has 0 amide bonds. The minimum absolute atomic E-state index is 0.287. The molecule has 0 aliphatic rings. The molecule has 0 fully saturated rings. The molecule has 0 bridgehead atoms. The van der Waals surface area contributed by atoms with Gasteiger partial charge in [0, 0.05) is 0 Å². The predicted octanol–water partition coefficient (Wildman–Crippen LogP) is 2.80. The first-order valence-corrected chi connectivity index (χ1v) is 6.37. The molecule has 2 rings (SSSR count). The Labute approximate surface area is 106 Å². The van der Waals surface area contributed by atoms with Crippen LogP contribution in [0.2, 0.25) is 0 Å². The molecule has 2 aromatic rings. The molecule has 0 heterocycles. The number of hydrogen-bond acceptors (Lipinski definition) is 0. The molecule has 0 saturated carbocycles. The zero-order chi connectivity index (χ0) is 11.5. The minimum atomic E-state index is 0.287. The fraction of sp³-hybridized carbons (Fsp3) is 0.143. The SMILES string of the molecule is Cc1ccccc1B(Br)c1ccccc1C. The van der Waals surface area contributed by atoms with Crippen LogP contribution in [0.15, 0.2) is 48.5 Å². The molecular weight excluding hydrogens is 259 g/mol. The van der Waals surface area contributed by atoms with Crippen LogP contribution in [-0.4, -0.2) is 5.54 Å². The minimum Gasteiger partial charge on any atom is -0.143 e. The number of hydrogen-bond donors (Lipinski definition) is 0. The normalized spacial score (nSPS) is 10.2. The molecule has 16 heavy (non-hydrogen) atoms. The second kappa shape index (κ2) is 4.88. The van der Waals surface area contributed by atoms with Crippen LogP contribution in [0.5, 0.6) is 0 Å². The lowest BCUT2D eigenvalue weighted by atomic mass is 9.60. The maximum Gasteiger partial charge on any atom is 0.288 e. The molecule has 2 aromatic carbocycles. The van der Waals surface area contributed by atoms with Crippen LogP contribution >= 0.6 is 15.8 Å². The van der Waals surface area contributed by atoms with E-state index in [1.807, 2.05) is 0 Å². The van der Waals surface area contributed by atoms with Crippen molar-refractivity contribution < 1.29 is 0 Å². The van der Waals surface area contributed by atoms with Crippen molar-refractivity contribution in [3.8, 4) is 0 Å². The third kappa shape index (κ3) is 2.22. The van der Waals surface area contributed by atoms with Crippen LogP contribution in [0.1, 0.15) is 11.1 Å². The molecule has 0 aliphatic heterocycles. The van der Waals surface area contributed by atoms with Gasteiger partial charge in [0.05, 0.1) is 0 Å². The fourth-order valence-corrected chi connectivity index (χ4v) is 2.94. The summed E-state index contributed by atoms with van der Waals surface area (Å²) in [6, 6.07) is 17.0. The fourth-order valence-electron chi connectivity index (χ4n) is 1.91. The van der Waals surface area contributed by atoms with Crippen LogP contribution in [0.25, 0.3) is 0 Å². The topological polar surface area (TPSA) is 0 Å². The predicted molar refractivity (Wildman–Crippen MR) is 76.3 cm³/mol. The Balaban J connectivity index is 2.44. The van der Waals surface area contributed by atoms with Crippen LogP contribution in [0, 0.1) is 13.8 Å². The van der Waals surface area contributed by atoms with Crippen LogP contribution in [0.3, 0.4) is 0 Å². The molecule has 0 unspecified atom stereocenters. The van der Waals surface area contributed by atoms with E-state index in [0.29, 0.717) is 0 Å². The molecule has 0 atom stereocenters. The Morgan fingerprint density at radius 2 is 1.12 bits per heavy atom. The van der Waals surface area contributed by atoms with Crippen molar-refractivity contribution in [1.82, 2.24) is 0 Å². The summed E-state index contributed by atoms with van der Waals surface area (Å²) in [7, 11) is 0. The third-order valence-electron chi connectivity index (χ3n) is 2.92. The van der Waals surface area contributed by atoms with Gasteiger partial charge in [-0.1, -0.05) is 70.6 Å². The van der Waals surface area contributed by atoms with E-state index in [4.69, 9.17) is 0 Å². The van der Waals surface area contributed by atoms with Crippen LogP contribution in [-0.2, 0) is 0 Å². The summed E-state index contributed by atoms with van der Waals surface area (Å²) < 4.78 is 0. The van der Waals surface area contributed by atoms with E-state index in [2.05, 4.69) is 78.1 Å². The van der Waals surface area contributed by atoms with Crippen molar-refractivity contribution in [2.45, 2.75) is 13.8 Å². The highest BCUT2D eigenvalue weighted by atomic mass is 79.9. The van der Waals surface area contributed by atoms with Crippen molar-refractivity contribution in [2.75, 3.05) is 0 Å². The van der Waals surface area contributed by atoms with Gasteiger partial charge in [-0.3, -0.25) is 0 Å². The average molecular weight is 273 g/mol. The quantitative estimate of drug-likeness (QED) is 0.738. The standard InChI is InChI=1S/C14H14BBr/c1-11-7-3-5-9-13(11)15(16)14-10-6-4-8-12(14)2/h3-10H,1-2H3. The van der Waals surface area contributed by atoms with Gasteiger partial charge >= 0.3 is 0 Å². The number of aryl methyl sites for hydroxylation is 2. The Bertz CT molecular complexity index is 448. The Hall–Kier alpha value is -1.02. The summed E-state index contributed by atoms with van der Waals surface area (Å²) in [4.78, 5) is 0. The summed E-state index contributed by atoms with van der Waals surface area (Å²) in [6.45, 7) is 4.31. The summed E-state index contributed by atoms with van der Waals surface area (Å²) in [6.07, 6.45) is 0. The Morgan fingerprint density at radius 1 is 0.750 bits per heavy atom. The molecule has 0 saturated heterocycles. The van der Waals surface area contributed by atoms with E-state index < -0.39 is 0 Å². The molecule has 0 radical (unpaired) electrons. The molecular formula is C14H14BBr. The van der Waals surface area contributed by atoms with Crippen molar-refractivity contribution in [2.24, 2.45) is 0 Å². The van der Waals surface area contributed by atoms with Crippen molar-refractivity contribution in [3.05, 3.63) is 59.7 Å².